The maximum atomic E-state index is 12.3. The van der Waals surface area contributed by atoms with Crippen LogP contribution in [0.2, 0.25) is 0 Å². The summed E-state index contributed by atoms with van der Waals surface area (Å²) in [6.45, 7) is 7.24. The van der Waals surface area contributed by atoms with Crippen molar-refractivity contribution in [1.29, 1.82) is 0 Å². The molecule has 0 aromatic heterocycles. The summed E-state index contributed by atoms with van der Waals surface area (Å²) in [6, 6.07) is 8.40. The first kappa shape index (κ1) is 23.5. The quantitative estimate of drug-likeness (QED) is 0.465. The van der Waals surface area contributed by atoms with Gasteiger partial charge in [0.25, 0.3) is 0 Å². The number of esters is 1. The molecule has 2 atom stereocenters. The Morgan fingerprint density at radius 3 is 2.43 bits per heavy atom. The first-order valence-electron chi connectivity index (χ1n) is 10.2. The largest absolute Gasteiger partial charge is 0.460 e. The van der Waals surface area contributed by atoms with E-state index in [9.17, 15) is 14.4 Å². The summed E-state index contributed by atoms with van der Waals surface area (Å²) < 4.78 is 9.83. The van der Waals surface area contributed by atoms with Crippen LogP contribution in [0.5, 0.6) is 0 Å². The van der Waals surface area contributed by atoms with E-state index in [1.54, 1.807) is 24.3 Å². The number of nitrogens with one attached hydrogen (secondary N) is 3. The van der Waals surface area contributed by atoms with Gasteiger partial charge in [-0.15, -0.1) is 0 Å². The van der Waals surface area contributed by atoms with E-state index in [0.717, 1.165) is 19.3 Å². The number of hydrogen-bond donors (Lipinski definition) is 3. The van der Waals surface area contributed by atoms with Gasteiger partial charge in [-0.1, -0.05) is 39.0 Å². The van der Waals surface area contributed by atoms with Crippen molar-refractivity contribution in [1.82, 2.24) is 16.0 Å². The highest BCUT2D eigenvalue weighted by atomic mass is 16.5. The second kappa shape index (κ2) is 10.3. The lowest BCUT2D eigenvalue weighted by atomic mass is 9.62. The number of methoxy groups -OCH3 is 1. The van der Waals surface area contributed by atoms with Crippen molar-refractivity contribution in [2.45, 2.75) is 46.1 Å². The van der Waals surface area contributed by atoms with E-state index in [4.69, 9.17) is 4.74 Å². The third-order valence-electron chi connectivity index (χ3n) is 5.25. The zero-order valence-electron chi connectivity index (χ0n) is 18.2. The van der Waals surface area contributed by atoms with E-state index in [0.29, 0.717) is 12.1 Å². The molecule has 1 aromatic carbocycles. The van der Waals surface area contributed by atoms with E-state index in [1.165, 1.54) is 7.11 Å². The van der Waals surface area contributed by atoms with E-state index >= 15 is 0 Å². The molecular formula is C22H33N3O5. The van der Waals surface area contributed by atoms with Crippen molar-refractivity contribution >= 4 is 18.1 Å². The Morgan fingerprint density at radius 2 is 1.77 bits per heavy atom. The summed E-state index contributed by atoms with van der Waals surface area (Å²) in [6.07, 6.45) is 2.07. The summed E-state index contributed by atoms with van der Waals surface area (Å²) in [5, 5.41) is 8.53. The Hall–Kier alpha value is -2.77. The molecule has 1 aromatic rings. The summed E-state index contributed by atoms with van der Waals surface area (Å²) in [5.41, 5.74) is 0.346. The highest BCUT2D eigenvalue weighted by Crippen LogP contribution is 2.45. The number of urea groups is 1. The lowest BCUT2D eigenvalue weighted by Crippen LogP contribution is -2.52. The van der Waals surface area contributed by atoms with Crippen LogP contribution in [-0.4, -0.2) is 50.9 Å². The Labute approximate surface area is 178 Å². The number of alkyl carbamates (subject to hydrolysis) is 1. The highest BCUT2D eigenvalue weighted by Gasteiger charge is 2.41. The van der Waals surface area contributed by atoms with Crippen molar-refractivity contribution in [2.24, 2.45) is 10.8 Å². The summed E-state index contributed by atoms with van der Waals surface area (Å²) in [7, 11) is 1.34. The molecule has 0 radical (unpaired) electrons. The monoisotopic (exact) mass is 419 g/mol. The van der Waals surface area contributed by atoms with Gasteiger partial charge in [-0.05, 0) is 42.2 Å². The van der Waals surface area contributed by atoms with Crippen LogP contribution in [0.4, 0.5) is 9.59 Å². The van der Waals surface area contributed by atoms with Crippen LogP contribution >= 0.6 is 0 Å². The zero-order valence-corrected chi connectivity index (χ0v) is 18.2. The second-order valence-electron chi connectivity index (χ2n) is 9.00. The minimum Gasteiger partial charge on any atom is -0.460 e. The van der Waals surface area contributed by atoms with Crippen LogP contribution in [0.15, 0.2) is 30.3 Å². The molecule has 8 nitrogen and oxygen atoms in total. The first-order chi connectivity index (χ1) is 14.1. The van der Waals surface area contributed by atoms with Crippen LogP contribution in [-0.2, 0) is 9.47 Å². The van der Waals surface area contributed by atoms with Gasteiger partial charge in [0.2, 0.25) is 0 Å². The van der Waals surface area contributed by atoms with E-state index < -0.39 is 12.1 Å². The van der Waals surface area contributed by atoms with Gasteiger partial charge in [0.15, 0.2) is 0 Å². The molecule has 2 rings (SSSR count). The molecular weight excluding hydrogens is 386 g/mol. The van der Waals surface area contributed by atoms with Crippen LogP contribution in [0.3, 0.4) is 0 Å². The third-order valence-corrected chi connectivity index (χ3v) is 5.25. The normalized spacial score (nSPS) is 22.5. The van der Waals surface area contributed by atoms with Crippen LogP contribution in [0.25, 0.3) is 0 Å². The molecule has 1 fully saturated rings. The van der Waals surface area contributed by atoms with Gasteiger partial charge in [0, 0.05) is 12.6 Å². The SMILES string of the molecule is COC(=O)NCC1(C)CC(NC(=O)NCCOC(=O)c2ccccc2)CC(C)(C)C1. The number of rotatable bonds is 7. The molecule has 0 heterocycles. The smallest absolute Gasteiger partial charge is 0.406 e. The molecule has 166 valence electrons. The minimum atomic E-state index is -0.452. The van der Waals surface area contributed by atoms with E-state index in [-0.39, 0.29) is 36.1 Å². The topological polar surface area (TPSA) is 106 Å². The maximum absolute atomic E-state index is 12.3. The fourth-order valence-electron chi connectivity index (χ4n) is 4.43. The second-order valence-corrected chi connectivity index (χ2v) is 9.00. The zero-order chi connectivity index (χ0) is 22.2. The molecule has 0 spiro atoms. The number of carbonyl (C=O) groups is 3. The molecule has 0 bridgehead atoms. The number of ether oxygens (including phenoxy) is 2. The Bertz CT molecular complexity index is 738. The van der Waals surface area contributed by atoms with Gasteiger partial charge in [-0.2, -0.15) is 0 Å². The van der Waals surface area contributed by atoms with Crippen molar-refractivity contribution in [3.8, 4) is 0 Å². The van der Waals surface area contributed by atoms with Gasteiger partial charge in [-0.25, -0.2) is 14.4 Å². The maximum Gasteiger partial charge on any atom is 0.406 e. The number of benzene rings is 1. The fourth-order valence-corrected chi connectivity index (χ4v) is 4.43. The van der Waals surface area contributed by atoms with Gasteiger partial charge in [-0.3, -0.25) is 0 Å². The Kier molecular flexibility index (Phi) is 8.08. The molecule has 2 unspecified atom stereocenters. The van der Waals surface area contributed by atoms with Crippen LogP contribution in [0, 0.1) is 10.8 Å². The Morgan fingerprint density at radius 1 is 1.07 bits per heavy atom. The molecule has 3 amide bonds. The van der Waals surface area contributed by atoms with E-state index in [2.05, 4.69) is 41.5 Å². The third kappa shape index (κ3) is 7.57. The molecule has 3 N–H and O–H groups in total. The standard InChI is InChI=1S/C22H33N3O5/c1-21(2)12-17(13-22(3,14-21)15-24-20(28)29-4)25-19(27)23-10-11-30-18(26)16-8-6-5-7-9-16/h5-9,17H,10-15H2,1-4H3,(H,24,28)(H2,23,25,27). The predicted molar refractivity (Wildman–Crippen MR) is 113 cm³/mol. The minimum absolute atomic E-state index is 0.0218. The van der Waals surface area contributed by atoms with Gasteiger partial charge in [0.05, 0.1) is 19.2 Å². The highest BCUT2D eigenvalue weighted by molar-refractivity contribution is 5.89. The van der Waals surface area contributed by atoms with Crippen molar-refractivity contribution in [3.05, 3.63) is 35.9 Å². The first-order valence-corrected chi connectivity index (χ1v) is 10.2. The van der Waals surface area contributed by atoms with Gasteiger partial charge < -0.3 is 25.4 Å². The molecule has 8 heteroatoms. The average Bonchev–Trinajstić information content (AvgIpc) is 2.68. The van der Waals surface area contributed by atoms with Crippen molar-refractivity contribution < 1.29 is 23.9 Å². The fraction of sp³-hybridized carbons (Fsp3) is 0.591. The van der Waals surface area contributed by atoms with E-state index in [1.807, 2.05) is 6.07 Å². The van der Waals surface area contributed by atoms with Crippen LogP contribution < -0.4 is 16.0 Å². The summed E-state index contributed by atoms with van der Waals surface area (Å²) in [4.78, 5) is 35.7. The van der Waals surface area contributed by atoms with Gasteiger partial charge >= 0.3 is 18.1 Å². The number of amides is 3. The van der Waals surface area contributed by atoms with Crippen molar-refractivity contribution in [3.63, 3.8) is 0 Å². The molecule has 1 saturated carbocycles. The molecule has 0 saturated heterocycles. The predicted octanol–water partition coefficient (Wildman–Crippen LogP) is 3.08. The summed E-state index contributed by atoms with van der Waals surface area (Å²) in [5.74, 6) is -0.416. The lowest BCUT2D eigenvalue weighted by Gasteiger charge is -2.46. The molecule has 1 aliphatic rings. The van der Waals surface area contributed by atoms with Crippen molar-refractivity contribution in [2.75, 3.05) is 26.8 Å². The lowest BCUT2D eigenvalue weighted by molar-refractivity contribution is 0.0507. The number of hydrogen-bond acceptors (Lipinski definition) is 5. The molecule has 1 aliphatic carbocycles. The average molecular weight is 420 g/mol. The molecule has 30 heavy (non-hydrogen) atoms. The Balaban J connectivity index is 1.77. The van der Waals surface area contributed by atoms with Crippen LogP contribution in [0.1, 0.15) is 50.4 Å². The molecule has 0 aliphatic heterocycles. The van der Waals surface area contributed by atoms with Gasteiger partial charge in [0.1, 0.15) is 6.61 Å². The number of carbonyl (C=O) groups excluding carboxylic acids is 3. The summed E-state index contributed by atoms with van der Waals surface area (Å²) >= 11 is 0.